The molecule has 1 aliphatic rings. The van der Waals surface area contributed by atoms with Gasteiger partial charge in [-0.15, -0.1) is 0 Å². The number of aliphatic hydroxyl groups is 1. The topological polar surface area (TPSA) is 38.7 Å². The molecular weight excluding hydrogens is 491 g/mol. The van der Waals surface area contributed by atoms with Gasteiger partial charge in [-0.05, 0) is 73.9 Å². The van der Waals surface area contributed by atoms with E-state index < -0.39 is 35.2 Å². The lowest BCUT2D eigenvalue weighted by molar-refractivity contribution is 0.192. The third-order valence-electron chi connectivity index (χ3n) is 6.56. The summed E-state index contributed by atoms with van der Waals surface area (Å²) in [4.78, 5) is 0. The van der Waals surface area contributed by atoms with Gasteiger partial charge in [-0.25, -0.2) is 13.2 Å². The molecule has 1 N–H and O–H groups in total. The van der Waals surface area contributed by atoms with E-state index in [2.05, 4.69) is 0 Å². The van der Waals surface area contributed by atoms with Crippen LogP contribution >= 0.6 is 0 Å². The minimum atomic E-state index is -1.21. The minimum absolute atomic E-state index is 0.0803. The zero-order valence-corrected chi connectivity index (χ0v) is 20.5. The Labute approximate surface area is 212 Å². The fourth-order valence-electron chi connectivity index (χ4n) is 4.51. The van der Waals surface area contributed by atoms with Gasteiger partial charge < -0.3 is 14.6 Å². The van der Waals surface area contributed by atoms with Crippen molar-refractivity contribution in [2.45, 2.75) is 51.7 Å². The minimum Gasteiger partial charge on any atom is -0.491 e. The largest absolute Gasteiger partial charge is 0.491 e. The summed E-state index contributed by atoms with van der Waals surface area (Å²) in [6.45, 7) is 2.90. The molecule has 0 radical (unpaired) electrons. The molecule has 3 aromatic carbocycles. The van der Waals surface area contributed by atoms with Gasteiger partial charge in [-0.3, -0.25) is 0 Å². The Morgan fingerprint density at radius 1 is 0.892 bits per heavy atom. The van der Waals surface area contributed by atoms with Gasteiger partial charge in [-0.2, -0.15) is 8.78 Å². The van der Waals surface area contributed by atoms with E-state index in [9.17, 15) is 27.1 Å². The fraction of sp³-hybridized carbons (Fsp3) is 0.310. The zero-order valence-electron chi connectivity index (χ0n) is 20.5. The van der Waals surface area contributed by atoms with Crippen LogP contribution in [0, 0.1) is 29.1 Å². The maximum Gasteiger partial charge on any atom is 0.204 e. The van der Waals surface area contributed by atoms with Crippen LogP contribution < -0.4 is 9.47 Å². The summed E-state index contributed by atoms with van der Waals surface area (Å²) < 4.78 is 82.2. The number of halogens is 5. The summed E-state index contributed by atoms with van der Waals surface area (Å²) in [7, 11) is 0. The van der Waals surface area contributed by atoms with Crippen molar-refractivity contribution >= 4 is 5.57 Å². The summed E-state index contributed by atoms with van der Waals surface area (Å²) >= 11 is 0. The molecule has 3 nitrogen and oxygen atoms in total. The Bertz CT molecular complexity index is 1320. The molecule has 0 aliphatic heterocycles. The molecule has 0 fully saturated rings. The van der Waals surface area contributed by atoms with Crippen molar-refractivity contribution in [2.24, 2.45) is 0 Å². The number of hydrogen-bond donors (Lipinski definition) is 1. The normalized spacial score (nSPS) is 16.3. The van der Waals surface area contributed by atoms with Crippen LogP contribution in [0.15, 0.2) is 48.5 Å². The second-order valence-electron chi connectivity index (χ2n) is 8.97. The molecule has 196 valence electrons. The van der Waals surface area contributed by atoms with Crippen LogP contribution in [0.4, 0.5) is 22.0 Å². The quantitative estimate of drug-likeness (QED) is 0.310. The molecule has 0 saturated heterocycles. The van der Waals surface area contributed by atoms with E-state index in [1.807, 2.05) is 6.08 Å². The van der Waals surface area contributed by atoms with E-state index in [0.29, 0.717) is 24.8 Å². The van der Waals surface area contributed by atoms with Crippen molar-refractivity contribution in [3.05, 3.63) is 99.9 Å². The maximum atomic E-state index is 14.8. The zero-order chi connectivity index (χ0) is 26.7. The highest BCUT2D eigenvalue weighted by Gasteiger charge is 2.24. The number of benzene rings is 3. The highest BCUT2D eigenvalue weighted by Crippen LogP contribution is 2.38. The Hall–Kier alpha value is -3.39. The summed E-state index contributed by atoms with van der Waals surface area (Å²) in [6, 6.07) is 9.97. The molecule has 1 aliphatic carbocycles. The van der Waals surface area contributed by atoms with Gasteiger partial charge in [0.2, 0.25) is 11.6 Å². The summed E-state index contributed by atoms with van der Waals surface area (Å²) in [6.07, 6.45) is 2.32. The molecule has 0 spiro atoms. The molecule has 2 unspecified atom stereocenters. The van der Waals surface area contributed by atoms with E-state index in [-0.39, 0.29) is 47.3 Å². The lowest BCUT2D eigenvalue weighted by Gasteiger charge is -2.24. The lowest BCUT2D eigenvalue weighted by Crippen LogP contribution is -2.10. The Morgan fingerprint density at radius 2 is 1.59 bits per heavy atom. The predicted octanol–water partition coefficient (Wildman–Crippen LogP) is 7.76. The van der Waals surface area contributed by atoms with Crippen molar-refractivity contribution in [1.29, 1.82) is 0 Å². The van der Waals surface area contributed by atoms with Crippen LogP contribution in [-0.4, -0.2) is 11.7 Å². The summed E-state index contributed by atoms with van der Waals surface area (Å²) in [5.74, 6) is -5.72. The monoisotopic (exact) mass is 518 g/mol. The van der Waals surface area contributed by atoms with Crippen molar-refractivity contribution < 1.29 is 36.5 Å². The number of hydrogen-bond acceptors (Lipinski definition) is 3. The predicted molar refractivity (Wildman–Crippen MR) is 130 cm³/mol. The molecule has 37 heavy (non-hydrogen) atoms. The van der Waals surface area contributed by atoms with E-state index in [0.717, 1.165) is 5.57 Å². The van der Waals surface area contributed by atoms with Gasteiger partial charge in [-0.1, -0.05) is 30.3 Å². The van der Waals surface area contributed by atoms with Gasteiger partial charge >= 0.3 is 0 Å². The second kappa shape index (κ2) is 11.3. The maximum absolute atomic E-state index is 14.8. The molecule has 8 heteroatoms. The molecule has 3 aromatic rings. The molecule has 4 rings (SSSR count). The molecule has 0 aromatic heterocycles. The molecule has 0 saturated carbocycles. The number of ether oxygens (including phenoxy) is 2. The lowest BCUT2D eigenvalue weighted by atomic mass is 9.82. The molecule has 2 atom stereocenters. The van der Waals surface area contributed by atoms with E-state index in [1.165, 1.54) is 43.3 Å². The highest BCUT2D eigenvalue weighted by atomic mass is 19.2. The van der Waals surface area contributed by atoms with Crippen LogP contribution in [-0.2, 0) is 6.61 Å². The van der Waals surface area contributed by atoms with Crippen LogP contribution in [0.1, 0.15) is 67.4 Å². The van der Waals surface area contributed by atoms with E-state index >= 15 is 0 Å². The van der Waals surface area contributed by atoms with E-state index in [1.54, 1.807) is 13.0 Å². The first-order valence-electron chi connectivity index (χ1n) is 12.1. The van der Waals surface area contributed by atoms with Crippen molar-refractivity contribution in [1.82, 2.24) is 0 Å². The van der Waals surface area contributed by atoms with Crippen molar-refractivity contribution in [2.75, 3.05) is 6.61 Å². The van der Waals surface area contributed by atoms with Gasteiger partial charge in [0.1, 0.15) is 12.4 Å². The average molecular weight is 519 g/mol. The molecule has 0 bridgehead atoms. The smallest absolute Gasteiger partial charge is 0.204 e. The fourth-order valence-corrected chi connectivity index (χ4v) is 4.51. The molecule has 0 amide bonds. The Morgan fingerprint density at radius 3 is 2.19 bits per heavy atom. The third-order valence-corrected chi connectivity index (χ3v) is 6.56. The van der Waals surface area contributed by atoms with Crippen LogP contribution in [0.3, 0.4) is 0 Å². The highest BCUT2D eigenvalue weighted by molar-refractivity contribution is 5.67. The molecular formula is C29H27F5O3. The van der Waals surface area contributed by atoms with Gasteiger partial charge in [0.05, 0.1) is 12.7 Å². The van der Waals surface area contributed by atoms with Crippen LogP contribution in [0.5, 0.6) is 11.5 Å². The van der Waals surface area contributed by atoms with Gasteiger partial charge in [0, 0.05) is 11.1 Å². The van der Waals surface area contributed by atoms with Gasteiger partial charge in [0.15, 0.2) is 23.1 Å². The number of rotatable bonds is 8. The average Bonchev–Trinajstić information content (AvgIpc) is 2.88. The number of aliphatic hydroxyl groups excluding tert-OH is 1. The number of allylic oxidation sites excluding steroid dienone is 2. The van der Waals surface area contributed by atoms with E-state index in [4.69, 9.17) is 9.47 Å². The Kier molecular flexibility index (Phi) is 8.17. The second-order valence-corrected chi connectivity index (χ2v) is 8.97. The Balaban J connectivity index is 1.44. The summed E-state index contributed by atoms with van der Waals surface area (Å²) in [5, 5.41) is 9.58. The van der Waals surface area contributed by atoms with Crippen molar-refractivity contribution in [3.63, 3.8) is 0 Å². The third kappa shape index (κ3) is 5.64. The summed E-state index contributed by atoms with van der Waals surface area (Å²) in [5.41, 5.74) is 1.87. The SMILES string of the molecule is CCOc1ccc(OCc2ccc(C3=CCC(c4ccc(C(C)O)c(F)c4F)CC3)cc2F)c(F)c1F. The molecule has 0 heterocycles. The van der Waals surface area contributed by atoms with Crippen LogP contribution in [0.2, 0.25) is 0 Å². The first-order chi connectivity index (χ1) is 17.7. The van der Waals surface area contributed by atoms with Crippen molar-refractivity contribution in [3.8, 4) is 11.5 Å². The van der Waals surface area contributed by atoms with Crippen LogP contribution in [0.25, 0.3) is 5.57 Å². The standard InChI is InChI=1S/C29H27F5O3/c1-3-36-24-12-13-25(29(34)28(24)33)37-15-20-9-8-19(14-23(20)30)17-4-6-18(7-5-17)22-11-10-21(16(2)35)26(31)27(22)32/h4,8-14,16,18,35H,3,5-7,15H2,1-2H3. The first-order valence-corrected chi connectivity index (χ1v) is 12.1. The van der Waals surface area contributed by atoms with Gasteiger partial charge in [0.25, 0.3) is 0 Å². The first kappa shape index (κ1) is 26.7.